The number of nitrogens with two attached hydrogens (primary N) is 4. The average Bonchev–Trinajstić information content (AvgIpc) is 3.64. The quantitative estimate of drug-likeness (QED) is 0.0252. The smallest absolute Gasteiger partial charge is 0.326 e. The highest BCUT2D eigenvalue weighted by Gasteiger charge is 2.38. The Balaban J connectivity index is 6.66. The summed E-state index contributed by atoms with van der Waals surface area (Å²) >= 11 is 5.44. The molecular formula is C50H84N14O20S2. The minimum atomic E-state index is -2.08. The number of hydrogen-bond acceptors (Lipinski definition) is 20. The van der Waals surface area contributed by atoms with Crippen molar-refractivity contribution in [3.63, 3.8) is 0 Å². The SMILES string of the molecule is CC[C@H](C)[C@H](NC(=O)[C@H](CS)NC(=O)[C@H](CC(=O)O)NC(=O)[C@H](CCC(N)=O)NC(=O)[C@H](CO)NC(=O)[C@@H](NC(=O)[C@H](CC(=O)O)NC(=O)[C@@H](N)CCC(N)=O)C(C)C)C(=O)N[C@@H](CCC(N)=O)C(=O)N[C@@H](CCSC)C(=O)N[C@H](C(=O)O)C(C)C. The van der Waals surface area contributed by atoms with Crippen LogP contribution >= 0.6 is 24.4 Å². The fourth-order valence-corrected chi connectivity index (χ4v) is 8.33. The highest BCUT2D eigenvalue weighted by Crippen LogP contribution is 2.13. The number of amides is 13. The second-order valence-electron chi connectivity index (χ2n) is 20.6. The Morgan fingerprint density at radius 1 is 0.430 bits per heavy atom. The van der Waals surface area contributed by atoms with Gasteiger partial charge in [0.25, 0.3) is 0 Å². The molecule has 0 unspecified atom stereocenters. The number of aliphatic hydroxyl groups is 1. The Morgan fingerprint density at radius 2 is 0.756 bits per heavy atom. The van der Waals surface area contributed by atoms with Gasteiger partial charge in [0.2, 0.25) is 76.8 Å². The van der Waals surface area contributed by atoms with Gasteiger partial charge in [-0.1, -0.05) is 48.0 Å². The Labute approximate surface area is 505 Å². The predicted octanol–water partition coefficient (Wildman–Crippen LogP) is -6.97. The number of rotatable bonds is 43. The first-order chi connectivity index (χ1) is 40.0. The van der Waals surface area contributed by atoms with Crippen molar-refractivity contribution in [2.45, 2.75) is 172 Å². The molecule has 0 saturated carbocycles. The van der Waals surface area contributed by atoms with Crippen LogP contribution < -0.4 is 76.1 Å². The number of nitrogens with one attached hydrogen (secondary N) is 10. The van der Waals surface area contributed by atoms with Crippen LogP contribution in [0.3, 0.4) is 0 Å². The van der Waals surface area contributed by atoms with Crippen LogP contribution in [0, 0.1) is 17.8 Å². The van der Waals surface area contributed by atoms with Gasteiger partial charge in [0.05, 0.1) is 25.5 Å². The van der Waals surface area contributed by atoms with Crippen molar-refractivity contribution >= 4 is 119 Å². The lowest BCUT2D eigenvalue weighted by Crippen LogP contribution is -2.62. The van der Waals surface area contributed by atoms with Crippen LogP contribution in [0.15, 0.2) is 0 Å². The Morgan fingerprint density at radius 3 is 1.16 bits per heavy atom. The van der Waals surface area contributed by atoms with Crippen molar-refractivity contribution in [1.29, 1.82) is 0 Å². The molecule has 0 aromatic rings. The molecule has 0 aliphatic rings. The third-order valence-electron chi connectivity index (χ3n) is 12.8. The molecule has 13 amide bonds. The van der Waals surface area contributed by atoms with E-state index in [0.717, 1.165) is 0 Å². The molecule has 0 rings (SSSR count). The van der Waals surface area contributed by atoms with E-state index in [2.05, 4.69) is 65.8 Å². The maximum absolute atomic E-state index is 14.0. The molecule has 34 nitrogen and oxygen atoms in total. The van der Waals surface area contributed by atoms with E-state index >= 15 is 0 Å². The van der Waals surface area contributed by atoms with Gasteiger partial charge in [-0.05, 0) is 55.4 Å². The lowest BCUT2D eigenvalue weighted by Gasteiger charge is -2.29. The molecule has 0 fully saturated rings. The largest absolute Gasteiger partial charge is 0.481 e. The highest BCUT2D eigenvalue weighted by molar-refractivity contribution is 7.98. The van der Waals surface area contributed by atoms with Crippen LogP contribution in [0.2, 0.25) is 0 Å². The van der Waals surface area contributed by atoms with Crippen LogP contribution in [-0.2, 0) is 76.7 Å². The summed E-state index contributed by atoms with van der Waals surface area (Å²) in [6.45, 7) is 7.90. The molecule has 0 aliphatic carbocycles. The zero-order chi connectivity index (χ0) is 66.3. The number of carboxylic acid groups (broad SMARTS) is 3. The van der Waals surface area contributed by atoms with Gasteiger partial charge >= 0.3 is 17.9 Å². The monoisotopic (exact) mass is 1260 g/mol. The fourth-order valence-electron chi connectivity index (χ4n) is 7.60. The van der Waals surface area contributed by atoms with E-state index in [9.17, 15) is 97.1 Å². The summed E-state index contributed by atoms with van der Waals surface area (Å²) in [6.07, 6.45) is -2.99. The van der Waals surface area contributed by atoms with E-state index in [1.54, 1.807) is 27.0 Å². The summed E-state index contributed by atoms with van der Waals surface area (Å²) < 4.78 is 0. The molecule has 0 aromatic carbocycles. The molecule has 0 aliphatic heterocycles. The van der Waals surface area contributed by atoms with Gasteiger partial charge in [-0.15, -0.1) is 0 Å². The van der Waals surface area contributed by atoms with E-state index in [1.165, 1.54) is 32.5 Å². The van der Waals surface area contributed by atoms with Crippen LogP contribution in [0.5, 0.6) is 0 Å². The molecule has 0 saturated heterocycles. The van der Waals surface area contributed by atoms with E-state index in [1.807, 2.05) is 0 Å². The number of carbonyl (C=O) groups excluding carboxylic acids is 13. The van der Waals surface area contributed by atoms with Gasteiger partial charge in [-0.25, -0.2) is 4.79 Å². The van der Waals surface area contributed by atoms with Crippen molar-refractivity contribution in [3.8, 4) is 0 Å². The summed E-state index contributed by atoms with van der Waals surface area (Å²) in [5.74, 6) is -21.0. The number of carboxylic acids is 3. The number of hydrogen-bond donors (Lipinski definition) is 19. The summed E-state index contributed by atoms with van der Waals surface area (Å²) in [5.41, 5.74) is 21.5. The minimum absolute atomic E-state index is 0.0118. The second kappa shape index (κ2) is 39.7. The van der Waals surface area contributed by atoms with E-state index in [4.69, 9.17) is 22.9 Å². The molecular weight excluding hydrogens is 1180 g/mol. The molecule has 12 atom stereocenters. The molecule has 0 spiro atoms. The molecule has 86 heavy (non-hydrogen) atoms. The van der Waals surface area contributed by atoms with Crippen molar-refractivity contribution in [3.05, 3.63) is 0 Å². The van der Waals surface area contributed by atoms with Crippen molar-refractivity contribution in [2.75, 3.05) is 24.4 Å². The Bertz CT molecular complexity index is 2440. The van der Waals surface area contributed by atoms with E-state index in [0.29, 0.717) is 5.75 Å². The molecule has 36 heteroatoms. The van der Waals surface area contributed by atoms with Crippen LogP contribution in [0.25, 0.3) is 0 Å². The van der Waals surface area contributed by atoms with Gasteiger partial charge in [0.15, 0.2) is 0 Å². The Kier molecular flexibility index (Phi) is 36.1. The summed E-state index contributed by atoms with van der Waals surface area (Å²) in [4.78, 5) is 206. The Hall–Kier alpha value is -7.86. The van der Waals surface area contributed by atoms with Crippen molar-refractivity contribution in [1.82, 2.24) is 53.2 Å². The first-order valence-electron chi connectivity index (χ1n) is 27.1. The first-order valence-corrected chi connectivity index (χ1v) is 29.1. The number of aliphatic hydroxyl groups excluding tert-OH is 1. The van der Waals surface area contributed by atoms with Crippen LogP contribution in [-0.4, -0.2) is 206 Å². The maximum Gasteiger partial charge on any atom is 0.326 e. The number of primary amides is 3. The molecule has 0 aromatic heterocycles. The van der Waals surface area contributed by atoms with Gasteiger partial charge in [0, 0.05) is 25.0 Å². The fraction of sp³-hybridized carbons (Fsp3) is 0.680. The maximum atomic E-state index is 14.0. The number of thioether (sulfide) groups is 1. The topological polar surface area (TPSA) is 578 Å². The minimum Gasteiger partial charge on any atom is -0.481 e. The van der Waals surface area contributed by atoms with Gasteiger partial charge < -0.3 is 96.5 Å². The first kappa shape index (κ1) is 78.1. The predicted molar refractivity (Wildman–Crippen MR) is 308 cm³/mol. The van der Waals surface area contributed by atoms with Crippen LogP contribution in [0.4, 0.5) is 0 Å². The molecule has 486 valence electrons. The molecule has 22 N–H and O–H groups in total. The zero-order valence-electron chi connectivity index (χ0n) is 48.8. The van der Waals surface area contributed by atoms with Crippen molar-refractivity contribution < 1.29 is 97.1 Å². The average molecular weight is 1270 g/mol. The summed E-state index contributed by atoms with van der Waals surface area (Å²) in [7, 11) is 0. The number of carbonyl (C=O) groups is 16. The molecule has 0 radical (unpaired) electrons. The lowest BCUT2D eigenvalue weighted by atomic mass is 9.97. The van der Waals surface area contributed by atoms with Gasteiger partial charge in [0.1, 0.15) is 60.4 Å². The number of aliphatic carboxylic acids is 3. The molecule has 0 heterocycles. The number of thiol groups is 1. The summed E-state index contributed by atoms with van der Waals surface area (Å²) in [6, 6.07) is -18.2. The second-order valence-corrected chi connectivity index (χ2v) is 21.9. The van der Waals surface area contributed by atoms with Gasteiger partial charge in [-0.3, -0.25) is 71.9 Å². The van der Waals surface area contributed by atoms with Crippen LogP contribution in [0.1, 0.15) is 106 Å². The molecule has 0 bridgehead atoms. The van der Waals surface area contributed by atoms with E-state index < -0.39 is 230 Å². The third kappa shape index (κ3) is 29.3. The van der Waals surface area contributed by atoms with Gasteiger partial charge in [-0.2, -0.15) is 24.4 Å². The highest BCUT2D eigenvalue weighted by atomic mass is 32.2. The lowest BCUT2D eigenvalue weighted by molar-refractivity contribution is -0.143. The van der Waals surface area contributed by atoms with Crippen molar-refractivity contribution in [2.24, 2.45) is 40.7 Å². The third-order valence-corrected chi connectivity index (χ3v) is 13.8. The normalized spacial score (nSPS) is 15.3. The zero-order valence-corrected chi connectivity index (χ0v) is 50.5. The van der Waals surface area contributed by atoms with E-state index in [-0.39, 0.29) is 25.7 Å². The standard InChI is InChI=1S/C50H84N14O20S2/c1-8-23(6)39(49(82)57-26(11-14-34(54)68)41(74)56-27(15-16-86-7)43(76)63-38(22(4)5)50(83)84)64-47(80)31(20-85)61-44(77)28(17-35(69)70)59-42(75)25(10-13-33(53)67)55-46(79)30(19-65)60-48(81)37(21(2)3)62-45(78)29(18-36(71)72)58-40(73)24(51)9-12-32(52)66/h21-31,37-39,65,85H,8-20,51H2,1-7H3,(H2,52,66)(H2,53,67)(H2,54,68)(H,55,79)(H,56,74)(H,57,82)(H,58,73)(H,59,75)(H,60,81)(H,61,77)(H,62,78)(H,63,76)(H,64,80)(H,69,70)(H,71,72)(H,83,84)/t23-,24-,25-,26-,27-,28-,29-,30-,31-,37-,38-,39-/m0/s1. The summed E-state index contributed by atoms with van der Waals surface area (Å²) in [5, 5.41) is 61.9.